The van der Waals surface area contributed by atoms with Crippen molar-refractivity contribution in [3.63, 3.8) is 0 Å². The van der Waals surface area contributed by atoms with Crippen LogP contribution in [0.15, 0.2) is 36.5 Å². The first-order valence-electron chi connectivity index (χ1n) is 5.14. The average Bonchev–Trinajstić information content (AvgIpc) is 2.89. The fourth-order valence-electron chi connectivity index (χ4n) is 1.47. The van der Waals surface area contributed by atoms with Crippen LogP contribution in [0.2, 0.25) is 0 Å². The number of Topliss-reactive ketones (excluding diaryl/α,β-unsaturated/α-hetero) is 1. The molecule has 1 aromatic heterocycles. The van der Waals surface area contributed by atoms with Crippen LogP contribution in [0.4, 0.5) is 5.95 Å². The topological polar surface area (TPSA) is 109 Å². The van der Waals surface area contributed by atoms with Gasteiger partial charge in [-0.25, -0.2) is 4.98 Å². The van der Waals surface area contributed by atoms with Gasteiger partial charge in [-0.2, -0.15) is 0 Å². The molecule has 2 aromatic rings. The maximum atomic E-state index is 12.2. The Morgan fingerprint density at radius 3 is 2.58 bits per heavy atom. The van der Waals surface area contributed by atoms with E-state index in [4.69, 9.17) is 0 Å². The molecule has 0 aliphatic carbocycles. The van der Waals surface area contributed by atoms with Gasteiger partial charge in [0.2, 0.25) is 15.1 Å². The predicted molar refractivity (Wildman–Crippen MR) is 73.9 cm³/mol. The maximum absolute atomic E-state index is 12.2. The summed E-state index contributed by atoms with van der Waals surface area (Å²) in [5, 5.41) is 20.8. The largest absolute Gasteiger partial charge is 0.432 e. The number of imidazole rings is 1. The van der Waals surface area contributed by atoms with Crippen LogP contribution in [0.1, 0.15) is 16.1 Å². The zero-order chi connectivity index (χ0) is 14.0. The number of aromatic amines is 1. The molecule has 98 valence electrons. The van der Waals surface area contributed by atoms with Gasteiger partial charge in [0.25, 0.3) is 0 Å². The number of hydrogen-bond donors (Lipinski definition) is 2. The molecule has 1 heterocycles. The van der Waals surface area contributed by atoms with Gasteiger partial charge in [0, 0.05) is 5.56 Å². The van der Waals surface area contributed by atoms with E-state index in [1.165, 1.54) is 22.6 Å². The summed E-state index contributed by atoms with van der Waals surface area (Å²) in [6, 6.07) is 8.16. The second-order valence-corrected chi connectivity index (χ2v) is 5.24. The number of rotatable bonds is 4. The Kier molecular flexibility index (Phi) is 3.62. The van der Waals surface area contributed by atoms with Crippen LogP contribution in [0.5, 0.6) is 0 Å². The number of H-pyrrole nitrogens is 1. The Labute approximate surface area is 121 Å². The van der Waals surface area contributed by atoms with Crippen molar-refractivity contribution in [1.29, 1.82) is 0 Å². The molecule has 0 fully saturated rings. The molecular formula is C11H8IN3O4. The van der Waals surface area contributed by atoms with Crippen molar-refractivity contribution >= 4 is 34.3 Å². The van der Waals surface area contributed by atoms with E-state index >= 15 is 0 Å². The van der Waals surface area contributed by atoms with Gasteiger partial charge in [0.05, 0.1) is 0 Å². The van der Waals surface area contributed by atoms with Crippen LogP contribution in [0, 0.1) is 10.1 Å². The normalized spacial score (nSPS) is 13.8. The van der Waals surface area contributed by atoms with Crippen LogP contribution in [0.3, 0.4) is 0 Å². The van der Waals surface area contributed by atoms with E-state index in [0.29, 0.717) is 5.56 Å². The molecular weight excluding hydrogens is 365 g/mol. The molecule has 8 heteroatoms. The number of aliphatic hydroxyl groups is 1. The van der Waals surface area contributed by atoms with Crippen LogP contribution in [-0.2, 0) is 3.61 Å². The van der Waals surface area contributed by atoms with Gasteiger partial charge in [-0.15, -0.1) is 0 Å². The highest BCUT2D eigenvalue weighted by atomic mass is 127. The third-order valence-corrected chi connectivity index (χ3v) is 3.46. The minimum Gasteiger partial charge on any atom is -0.390 e. The lowest BCUT2D eigenvalue weighted by atomic mass is 10.0. The van der Waals surface area contributed by atoms with E-state index in [1.54, 1.807) is 30.3 Å². The Bertz CT molecular complexity index is 624. The molecule has 2 N–H and O–H groups in total. The zero-order valence-corrected chi connectivity index (χ0v) is 11.6. The van der Waals surface area contributed by atoms with Gasteiger partial charge in [-0.3, -0.25) is 4.79 Å². The average molecular weight is 373 g/mol. The Hall–Kier alpha value is -1.81. The van der Waals surface area contributed by atoms with E-state index in [2.05, 4.69) is 9.97 Å². The fourth-order valence-corrected chi connectivity index (χ4v) is 2.06. The summed E-state index contributed by atoms with van der Waals surface area (Å²) in [5.74, 6) is -1.11. The van der Waals surface area contributed by atoms with E-state index in [1.807, 2.05) is 0 Å². The zero-order valence-electron chi connectivity index (χ0n) is 9.41. The first-order chi connectivity index (χ1) is 8.93. The lowest BCUT2D eigenvalue weighted by molar-refractivity contribution is -0.393. The highest BCUT2D eigenvalue weighted by Crippen LogP contribution is 2.32. The summed E-state index contributed by atoms with van der Waals surface area (Å²) in [6.07, 6.45) is 1.14. The predicted octanol–water partition coefficient (Wildman–Crippen LogP) is 1.78. The number of nitro groups is 1. The number of nitrogens with one attached hydrogen (secondary N) is 1. The van der Waals surface area contributed by atoms with E-state index in [0.717, 1.165) is 6.20 Å². The quantitative estimate of drug-likeness (QED) is 0.279. The molecule has 2 rings (SSSR count). The molecule has 1 unspecified atom stereocenters. The molecule has 0 aliphatic rings. The number of aromatic nitrogens is 2. The molecule has 0 saturated heterocycles. The second kappa shape index (κ2) is 5.05. The van der Waals surface area contributed by atoms with Gasteiger partial charge in [-0.05, 0) is 27.5 Å². The van der Waals surface area contributed by atoms with E-state index in [-0.39, 0.29) is 5.69 Å². The van der Waals surface area contributed by atoms with Gasteiger partial charge in [0.15, 0.2) is 0 Å². The maximum Gasteiger partial charge on any atom is 0.432 e. The fraction of sp³-hybridized carbons (Fsp3) is 0.0909. The third kappa shape index (κ3) is 2.63. The Morgan fingerprint density at radius 2 is 2.05 bits per heavy atom. The Morgan fingerprint density at radius 1 is 1.42 bits per heavy atom. The Balaban J connectivity index is 2.36. The van der Waals surface area contributed by atoms with Crippen molar-refractivity contribution < 1.29 is 14.8 Å². The first kappa shape index (κ1) is 13.6. The van der Waals surface area contributed by atoms with Crippen molar-refractivity contribution in [3.8, 4) is 0 Å². The molecule has 0 radical (unpaired) electrons. The summed E-state index contributed by atoms with van der Waals surface area (Å²) in [7, 11) is 0. The molecule has 0 amide bonds. The highest BCUT2D eigenvalue weighted by Gasteiger charge is 2.41. The molecule has 1 aromatic carbocycles. The SMILES string of the molecule is O=C(c1ccccc1)C(O)(I)c1c[nH]c([N+](=O)[O-])n1. The number of halogens is 1. The van der Waals surface area contributed by atoms with Crippen LogP contribution >= 0.6 is 22.6 Å². The number of carbonyl (C=O) groups is 1. The summed E-state index contributed by atoms with van der Waals surface area (Å²) in [4.78, 5) is 27.8. The third-order valence-electron chi connectivity index (χ3n) is 2.41. The molecule has 19 heavy (non-hydrogen) atoms. The van der Waals surface area contributed by atoms with Gasteiger partial charge in [-0.1, -0.05) is 35.3 Å². The molecule has 0 aliphatic heterocycles. The molecule has 0 saturated carbocycles. The molecule has 0 bridgehead atoms. The highest BCUT2D eigenvalue weighted by molar-refractivity contribution is 14.1. The van der Waals surface area contributed by atoms with Gasteiger partial charge in [0.1, 0.15) is 6.20 Å². The van der Waals surface area contributed by atoms with Crippen molar-refractivity contribution in [3.05, 3.63) is 57.9 Å². The van der Waals surface area contributed by atoms with Crippen molar-refractivity contribution in [2.75, 3.05) is 0 Å². The summed E-state index contributed by atoms with van der Waals surface area (Å²) in [6.45, 7) is 0. The monoisotopic (exact) mass is 373 g/mol. The number of hydrogen-bond acceptors (Lipinski definition) is 5. The number of alkyl halides is 1. The first-order valence-corrected chi connectivity index (χ1v) is 6.22. The van der Waals surface area contributed by atoms with E-state index < -0.39 is 20.3 Å². The summed E-state index contributed by atoms with van der Waals surface area (Å²) in [5.41, 5.74) is 0.193. The van der Waals surface area contributed by atoms with Crippen molar-refractivity contribution in [2.24, 2.45) is 0 Å². The standard InChI is InChI=1S/C11H8IN3O4/c12-11(17,8-6-13-10(14-8)15(18)19)9(16)7-4-2-1-3-5-7/h1-6,17H,(H,13,14). The molecule has 0 spiro atoms. The molecule has 1 atom stereocenters. The smallest absolute Gasteiger partial charge is 0.390 e. The van der Waals surface area contributed by atoms with Crippen LogP contribution in [-0.4, -0.2) is 25.8 Å². The minimum absolute atomic E-state index is 0.103. The molecule has 7 nitrogen and oxygen atoms in total. The van der Waals surface area contributed by atoms with Crippen molar-refractivity contribution in [2.45, 2.75) is 3.61 Å². The van der Waals surface area contributed by atoms with Gasteiger partial charge < -0.3 is 15.2 Å². The lowest BCUT2D eigenvalue weighted by Crippen LogP contribution is -2.29. The minimum atomic E-state index is -1.95. The van der Waals surface area contributed by atoms with E-state index in [9.17, 15) is 20.0 Å². The van der Waals surface area contributed by atoms with Crippen LogP contribution in [0.25, 0.3) is 0 Å². The van der Waals surface area contributed by atoms with Crippen molar-refractivity contribution in [1.82, 2.24) is 9.97 Å². The number of ketones is 1. The summed E-state index contributed by atoms with van der Waals surface area (Å²) >= 11 is 1.51. The number of benzene rings is 1. The van der Waals surface area contributed by atoms with Crippen LogP contribution < -0.4 is 0 Å². The number of carbonyl (C=O) groups excluding carboxylic acids is 1. The summed E-state index contributed by atoms with van der Waals surface area (Å²) < 4.78 is -1.95. The second-order valence-electron chi connectivity index (χ2n) is 3.68. The lowest BCUT2D eigenvalue weighted by Gasteiger charge is -2.14. The van der Waals surface area contributed by atoms with Gasteiger partial charge >= 0.3 is 5.95 Å². The number of nitrogens with zero attached hydrogens (tertiary/aromatic N) is 2.